The van der Waals surface area contributed by atoms with Gasteiger partial charge in [0.1, 0.15) is 0 Å². The lowest BCUT2D eigenvalue weighted by molar-refractivity contribution is -0.206. The molecule has 2 aromatic carbocycles. The third kappa shape index (κ3) is 2.02. The minimum atomic E-state index is -4.62. The van der Waals surface area contributed by atoms with Crippen LogP contribution in [-0.2, 0) is 0 Å². The topological polar surface area (TPSA) is 20.2 Å². The molecule has 84 valence electrons. The molecule has 4 heteroatoms. The van der Waals surface area contributed by atoms with E-state index >= 15 is 0 Å². The van der Waals surface area contributed by atoms with Gasteiger partial charge in [0.2, 0.25) is 0 Å². The molecule has 0 aliphatic heterocycles. The second kappa shape index (κ2) is 3.79. The van der Waals surface area contributed by atoms with E-state index in [0.717, 1.165) is 5.39 Å². The smallest absolute Gasteiger partial charge is 0.379 e. The summed E-state index contributed by atoms with van der Waals surface area (Å²) in [4.78, 5) is 0. The number of hydrogen-bond donors (Lipinski definition) is 1. The van der Waals surface area contributed by atoms with Gasteiger partial charge >= 0.3 is 6.18 Å². The van der Waals surface area contributed by atoms with Gasteiger partial charge in [-0.15, -0.1) is 0 Å². The van der Waals surface area contributed by atoms with Crippen molar-refractivity contribution in [3.05, 3.63) is 48.0 Å². The third-order valence-electron chi connectivity index (χ3n) is 2.40. The van der Waals surface area contributed by atoms with Crippen LogP contribution >= 0.6 is 0 Å². The lowest BCUT2D eigenvalue weighted by atomic mass is 10.0. The predicted molar refractivity (Wildman–Crippen MR) is 55.0 cm³/mol. The average Bonchev–Trinajstić information content (AvgIpc) is 2.26. The maximum absolute atomic E-state index is 12.3. The van der Waals surface area contributed by atoms with Gasteiger partial charge in [0.15, 0.2) is 6.10 Å². The van der Waals surface area contributed by atoms with Crippen LogP contribution in [0.3, 0.4) is 0 Å². The maximum Gasteiger partial charge on any atom is 0.418 e. The van der Waals surface area contributed by atoms with Crippen molar-refractivity contribution in [1.29, 1.82) is 0 Å². The quantitative estimate of drug-likeness (QED) is 0.789. The molecule has 2 rings (SSSR count). The van der Waals surface area contributed by atoms with Crippen LogP contribution in [0.25, 0.3) is 10.8 Å². The lowest BCUT2D eigenvalue weighted by Crippen LogP contribution is -2.20. The predicted octanol–water partition coefficient (Wildman–Crippen LogP) is 3.44. The molecule has 0 aliphatic rings. The molecule has 0 radical (unpaired) electrons. The second-order valence-electron chi connectivity index (χ2n) is 3.55. The summed E-state index contributed by atoms with van der Waals surface area (Å²) in [6.07, 6.45) is -7.04. The van der Waals surface area contributed by atoms with Gasteiger partial charge < -0.3 is 5.11 Å². The van der Waals surface area contributed by atoms with Gasteiger partial charge in [-0.25, -0.2) is 0 Å². The van der Waals surface area contributed by atoms with Crippen molar-refractivity contribution >= 4 is 10.8 Å². The van der Waals surface area contributed by atoms with Gasteiger partial charge in [-0.2, -0.15) is 13.2 Å². The zero-order valence-corrected chi connectivity index (χ0v) is 8.20. The number of hydrogen-bond acceptors (Lipinski definition) is 1. The molecule has 0 amide bonds. The Labute approximate surface area is 90.1 Å². The molecule has 0 aromatic heterocycles. The zero-order valence-electron chi connectivity index (χ0n) is 8.20. The standard InChI is InChI=1S/C12H9F3O/c13-12(14,15)11(16)10-6-5-8-3-1-2-4-9(8)7-10/h1-7,11,16H/t11-/m1/s1. The fraction of sp³-hybridized carbons (Fsp3) is 0.167. The van der Waals surface area contributed by atoms with Crippen LogP contribution < -0.4 is 0 Å². The van der Waals surface area contributed by atoms with Crippen LogP contribution in [0.15, 0.2) is 42.5 Å². The Bertz CT molecular complexity index is 505. The molecule has 16 heavy (non-hydrogen) atoms. The van der Waals surface area contributed by atoms with Crippen LogP contribution in [0.2, 0.25) is 0 Å². The Hall–Kier alpha value is -1.55. The largest absolute Gasteiger partial charge is 0.418 e. The Morgan fingerprint density at radius 1 is 0.938 bits per heavy atom. The van der Waals surface area contributed by atoms with Gasteiger partial charge in [0.25, 0.3) is 0 Å². The molecule has 1 atom stereocenters. The molecule has 0 aliphatic carbocycles. The summed E-state index contributed by atoms with van der Waals surface area (Å²) in [6, 6.07) is 11.3. The molecule has 0 saturated carbocycles. The molecule has 0 fully saturated rings. The number of benzene rings is 2. The number of rotatable bonds is 1. The van der Waals surface area contributed by atoms with E-state index in [1.807, 2.05) is 6.07 Å². The van der Waals surface area contributed by atoms with E-state index in [4.69, 9.17) is 5.11 Å². The first-order chi connectivity index (χ1) is 7.48. The summed E-state index contributed by atoms with van der Waals surface area (Å²) in [5.74, 6) is 0. The average molecular weight is 226 g/mol. The van der Waals surface area contributed by atoms with Crippen molar-refractivity contribution in [3.8, 4) is 0 Å². The molecule has 0 bridgehead atoms. The van der Waals surface area contributed by atoms with Crippen molar-refractivity contribution < 1.29 is 18.3 Å². The van der Waals surface area contributed by atoms with Crippen LogP contribution in [0, 0.1) is 0 Å². The first-order valence-electron chi connectivity index (χ1n) is 4.72. The number of aliphatic hydroxyl groups excluding tert-OH is 1. The van der Waals surface area contributed by atoms with E-state index in [0.29, 0.717) is 5.39 Å². The van der Waals surface area contributed by atoms with E-state index in [1.54, 1.807) is 24.3 Å². The molecule has 0 heterocycles. The number of halogens is 3. The summed E-state index contributed by atoms with van der Waals surface area (Å²) in [5, 5.41) is 10.6. The van der Waals surface area contributed by atoms with Gasteiger partial charge in [-0.1, -0.05) is 36.4 Å². The van der Waals surface area contributed by atoms with Crippen LogP contribution in [0.5, 0.6) is 0 Å². The summed E-state index contributed by atoms with van der Waals surface area (Å²) >= 11 is 0. The highest BCUT2D eigenvalue weighted by molar-refractivity contribution is 5.83. The SMILES string of the molecule is O[C@H](c1ccc2ccccc2c1)C(F)(F)F. The van der Waals surface area contributed by atoms with Gasteiger partial charge in [-0.3, -0.25) is 0 Å². The molecular formula is C12H9F3O. The molecule has 0 spiro atoms. The van der Waals surface area contributed by atoms with Crippen LogP contribution in [0.4, 0.5) is 13.2 Å². The first kappa shape index (κ1) is 11.0. The Kier molecular flexibility index (Phi) is 2.59. The summed E-state index contributed by atoms with van der Waals surface area (Å²) < 4.78 is 36.9. The Morgan fingerprint density at radius 3 is 2.19 bits per heavy atom. The van der Waals surface area contributed by atoms with Crippen molar-refractivity contribution in [3.63, 3.8) is 0 Å². The van der Waals surface area contributed by atoms with Crippen molar-refractivity contribution in [1.82, 2.24) is 0 Å². The fourth-order valence-corrected chi connectivity index (χ4v) is 1.57. The van der Waals surface area contributed by atoms with E-state index in [1.165, 1.54) is 12.1 Å². The number of aliphatic hydroxyl groups is 1. The Balaban J connectivity index is 2.47. The highest BCUT2D eigenvalue weighted by atomic mass is 19.4. The molecule has 2 aromatic rings. The monoisotopic (exact) mass is 226 g/mol. The lowest BCUT2D eigenvalue weighted by Gasteiger charge is -2.15. The maximum atomic E-state index is 12.3. The fourth-order valence-electron chi connectivity index (χ4n) is 1.57. The van der Waals surface area contributed by atoms with Crippen LogP contribution in [-0.4, -0.2) is 11.3 Å². The first-order valence-corrected chi connectivity index (χ1v) is 4.72. The summed E-state index contributed by atoms with van der Waals surface area (Å²) in [6.45, 7) is 0. The summed E-state index contributed by atoms with van der Waals surface area (Å²) in [5.41, 5.74) is -0.133. The number of fused-ring (bicyclic) bond motifs is 1. The molecule has 0 unspecified atom stereocenters. The van der Waals surface area contributed by atoms with E-state index in [2.05, 4.69) is 0 Å². The molecule has 1 N–H and O–H groups in total. The van der Waals surface area contributed by atoms with Crippen molar-refractivity contribution in [2.24, 2.45) is 0 Å². The van der Waals surface area contributed by atoms with Crippen LogP contribution in [0.1, 0.15) is 11.7 Å². The minimum absolute atomic E-state index is 0.133. The van der Waals surface area contributed by atoms with E-state index in [9.17, 15) is 13.2 Å². The Morgan fingerprint density at radius 2 is 1.56 bits per heavy atom. The third-order valence-corrected chi connectivity index (χ3v) is 2.40. The van der Waals surface area contributed by atoms with Gasteiger partial charge in [0, 0.05) is 0 Å². The zero-order chi connectivity index (χ0) is 11.8. The highest BCUT2D eigenvalue weighted by Gasteiger charge is 2.39. The van der Waals surface area contributed by atoms with Crippen molar-refractivity contribution in [2.75, 3.05) is 0 Å². The van der Waals surface area contributed by atoms with Gasteiger partial charge in [-0.05, 0) is 22.4 Å². The molecule has 1 nitrogen and oxygen atoms in total. The van der Waals surface area contributed by atoms with E-state index in [-0.39, 0.29) is 5.56 Å². The molecular weight excluding hydrogens is 217 g/mol. The van der Waals surface area contributed by atoms with Crippen molar-refractivity contribution in [2.45, 2.75) is 12.3 Å². The normalized spacial score (nSPS) is 14.0. The van der Waals surface area contributed by atoms with Gasteiger partial charge in [0.05, 0.1) is 0 Å². The number of alkyl halides is 3. The molecule has 0 saturated heterocycles. The highest BCUT2D eigenvalue weighted by Crippen LogP contribution is 2.33. The minimum Gasteiger partial charge on any atom is -0.379 e. The van der Waals surface area contributed by atoms with E-state index < -0.39 is 12.3 Å². The summed E-state index contributed by atoms with van der Waals surface area (Å²) in [7, 11) is 0. The second-order valence-corrected chi connectivity index (χ2v) is 3.55.